The van der Waals surface area contributed by atoms with E-state index in [4.69, 9.17) is 14.2 Å². The molecule has 0 radical (unpaired) electrons. The number of carbonyl (C=O) groups excluding carboxylic acids is 1. The lowest BCUT2D eigenvalue weighted by atomic mass is 9.80. The lowest BCUT2D eigenvalue weighted by Gasteiger charge is -2.34. The number of amides is 1. The van der Waals surface area contributed by atoms with E-state index in [2.05, 4.69) is 16.4 Å². The summed E-state index contributed by atoms with van der Waals surface area (Å²) in [5.41, 5.74) is 2.07. The molecule has 0 saturated heterocycles. The van der Waals surface area contributed by atoms with Gasteiger partial charge in [-0.05, 0) is 31.4 Å². The first kappa shape index (κ1) is 14.7. The van der Waals surface area contributed by atoms with Gasteiger partial charge in [0.1, 0.15) is 11.4 Å². The Morgan fingerprint density at radius 3 is 3.14 bits per heavy atom. The third-order valence-electron chi connectivity index (χ3n) is 4.11. The Morgan fingerprint density at radius 1 is 1.50 bits per heavy atom. The van der Waals surface area contributed by atoms with Crippen molar-refractivity contribution < 1.29 is 19.0 Å². The monoisotopic (exact) mass is 304 g/mol. The van der Waals surface area contributed by atoms with Crippen molar-refractivity contribution in [1.29, 1.82) is 0 Å². The minimum atomic E-state index is -0.535. The highest BCUT2D eigenvalue weighted by atomic mass is 16.6. The number of aliphatic imine (C=N–C) groups is 1. The molecule has 0 saturated carbocycles. The van der Waals surface area contributed by atoms with Crippen molar-refractivity contribution in [1.82, 2.24) is 5.32 Å². The van der Waals surface area contributed by atoms with Crippen LogP contribution in [0.15, 0.2) is 23.2 Å². The van der Waals surface area contributed by atoms with E-state index in [0.717, 1.165) is 25.0 Å². The van der Waals surface area contributed by atoms with Crippen LogP contribution in [0.4, 0.5) is 4.79 Å². The van der Waals surface area contributed by atoms with Crippen LogP contribution in [0.25, 0.3) is 0 Å². The standard InChI is InChI=1S/C16H20N2O4/c1-3-21-15(19)18-14-17-10-16(22-14)8-7-11-5-4-6-13(20-2)12(11)9-16/h4-6H,3,7-10H2,1-2H3,(H,17,18,19). The average Bonchev–Trinajstić information content (AvgIpc) is 2.89. The van der Waals surface area contributed by atoms with Gasteiger partial charge in [-0.2, -0.15) is 0 Å². The fraction of sp³-hybridized carbons (Fsp3) is 0.500. The van der Waals surface area contributed by atoms with Crippen LogP contribution >= 0.6 is 0 Å². The molecule has 0 fully saturated rings. The number of benzene rings is 1. The van der Waals surface area contributed by atoms with E-state index >= 15 is 0 Å². The minimum Gasteiger partial charge on any atom is -0.496 e. The molecular formula is C16H20N2O4. The highest BCUT2D eigenvalue weighted by molar-refractivity contribution is 5.91. The maximum atomic E-state index is 11.5. The topological polar surface area (TPSA) is 69.2 Å². The van der Waals surface area contributed by atoms with Gasteiger partial charge in [0.2, 0.25) is 0 Å². The Labute approximate surface area is 129 Å². The van der Waals surface area contributed by atoms with Gasteiger partial charge in [0, 0.05) is 12.0 Å². The molecule has 1 atom stereocenters. The van der Waals surface area contributed by atoms with Crippen molar-refractivity contribution in [3.8, 4) is 5.75 Å². The van der Waals surface area contributed by atoms with Crippen LogP contribution in [0.2, 0.25) is 0 Å². The van der Waals surface area contributed by atoms with Crippen LogP contribution in [0.3, 0.4) is 0 Å². The Morgan fingerprint density at radius 2 is 2.36 bits per heavy atom. The van der Waals surface area contributed by atoms with Crippen LogP contribution < -0.4 is 10.1 Å². The van der Waals surface area contributed by atoms with E-state index in [1.54, 1.807) is 14.0 Å². The summed E-state index contributed by atoms with van der Waals surface area (Å²) in [4.78, 5) is 15.8. The Balaban J connectivity index is 1.71. The maximum Gasteiger partial charge on any atom is 0.415 e. The lowest BCUT2D eigenvalue weighted by Crippen LogP contribution is -2.42. The largest absolute Gasteiger partial charge is 0.496 e. The van der Waals surface area contributed by atoms with E-state index in [0.29, 0.717) is 13.2 Å². The molecule has 22 heavy (non-hydrogen) atoms. The Kier molecular flexibility index (Phi) is 3.92. The van der Waals surface area contributed by atoms with E-state index in [1.807, 2.05) is 12.1 Å². The smallest absolute Gasteiger partial charge is 0.415 e. The molecule has 1 aliphatic heterocycles. The van der Waals surface area contributed by atoms with Gasteiger partial charge in [0.15, 0.2) is 0 Å². The van der Waals surface area contributed by atoms with Crippen LogP contribution in [0, 0.1) is 0 Å². The van der Waals surface area contributed by atoms with Gasteiger partial charge < -0.3 is 14.2 Å². The Bertz CT molecular complexity index is 600. The van der Waals surface area contributed by atoms with Crippen LogP contribution in [0.5, 0.6) is 5.75 Å². The van der Waals surface area contributed by atoms with Crippen molar-refractivity contribution in [2.75, 3.05) is 20.3 Å². The average molecular weight is 304 g/mol. The number of nitrogens with zero attached hydrogens (tertiary/aromatic N) is 1. The number of aryl methyl sites for hydroxylation is 1. The van der Waals surface area contributed by atoms with Crippen LogP contribution in [0.1, 0.15) is 24.5 Å². The number of hydrogen-bond acceptors (Lipinski definition) is 5. The first-order valence-electron chi connectivity index (χ1n) is 7.48. The summed E-state index contributed by atoms with van der Waals surface area (Å²) in [6.07, 6.45) is 1.97. The number of methoxy groups -OCH3 is 1. The zero-order valence-corrected chi connectivity index (χ0v) is 12.8. The molecule has 1 amide bonds. The zero-order valence-electron chi connectivity index (χ0n) is 12.8. The van der Waals surface area contributed by atoms with Crippen molar-refractivity contribution in [3.05, 3.63) is 29.3 Å². The van der Waals surface area contributed by atoms with Gasteiger partial charge in [0.25, 0.3) is 6.02 Å². The molecule has 118 valence electrons. The molecule has 1 unspecified atom stereocenters. The summed E-state index contributed by atoms with van der Waals surface area (Å²) in [6.45, 7) is 2.60. The number of amidine groups is 1. The first-order valence-corrected chi connectivity index (χ1v) is 7.48. The minimum absolute atomic E-state index is 0.247. The van der Waals surface area contributed by atoms with E-state index in [-0.39, 0.29) is 6.02 Å². The third kappa shape index (κ3) is 2.73. The summed E-state index contributed by atoms with van der Waals surface area (Å²) in [7, 11) is 1.68. The van der Waals surface area contributed by atoms with Crippen LogP contribution in [-0.2, 0) is 22.3 Å². The number of nitrogens with one attached hydrogen (secondary N) is 1. The summed E-state index contributed by atoms with van der Waals surface area (Å²) >= 11 is 0. The third-order valence-corrected chi connectivity index (χ3v) is 4.11. The maximum absolute atomic E-state index is 11.5. The molecule has 1 aromatic rings. The molecule has 1 spiro atoms. The van der Waals surface area contributed by atoms with Crippen molar-refractivity contribution in [2.24, 2.45) is 4.99 Å². The Hall–Kier alpha value is -2.24. The normalized spacial score (nSPS) is 22.5. The highest BCUT2D eigenvalue weighted by Gasteiger charge is 2.42. The predicted molar refractivity (Wildman–Crippen MR) is 81.3 cm³/mol. The quantitative estimate of drug-likeness (QED) is 0.908. The van der Waals surface area contributed by atoms with E-state index in [1.165, 1.54) is 11.1 Å². The van der Waals surface area contributed by atoms with Gasteiger partial charge in [-0.15, -0.1) is 0 Å². The molecular weight excluding hydrogens is 284 g/mol. The second-order valence-electron chi connectivity index (χ2n) is 5.53. The summed E-state index contributed by atoms with van der Waals surface area (Å²) in [5.74, 6) is 0.881. The molecule has 1 N–H and O–H groups in total. The number of alkyl carbamates (subject to hydrolysis) is 1. The number of fused-ring (bicyclic) bond motifs is 1. The number of ether oxygens (including phenoxy) is 3. The molecule has 3 rings (SSSR count). The van der Waals surface area contributed by atoms with E-state index in [9.17, 15) is 4.79 Å². The summed E-state index contributed by atoms with van der Waals surface area (Å²) in [6, 6.07) is 6.34. The van der Waals surface area contributed by atoms with Gasteiger partial charge in [-0.25, -0.2) is 15.1 Å². The second kappa shape index (κ2) is 5.87. The number of rotatable bonds is 2. The molecule has 6 nitrogen and oxygen atoms in total. The fourth-order valence-corrected chi connectivity index (χ4v) is 3.04. The molecule has 6 heteroatoms. The summed E-state index contributed by atoms with van der Waals surface area (Å²) in [5, 5.41) is 2.54. The van der Waals surface area contributed by atoms with Gasteiger partial charge in [0.05, 0.1) is 20.3 Å². The summed E-state index contributed by atoms with van der Waals surface area (Å²) < 4.78 is 16.2. The van der Waals surface area contributed by atoms with Gasteiger partial charge in [-0.3, -0.25) is 0 Å². The SMILES string of the molecule is CCOC(=O)NC1=NCC2(CCc3cccc(OC)c3C2)O1. The molecule has 1 aromatic carbocycles. The fourth-order valence-electron chi connectivity index (χ4n) is 3.04. The van der Waals surface area contributed by atoms with Crippen molar-refractivity contribution in [2.45, 2.75) is 31.8 Å². The molecule has 2 aliphatic rings. The highest BCUT2D eigenvalue weighted by Crippen LogP contribution is 2.38. The van der Waals surface area contributed by atoms with Crippen molar-refractivity contribution >= 4 is 12.1 Å². The van der Waals surface area contributed by atoms with Gasteiger partial charge >= 0.3 is 6.09 Å². The number of hydrogen-bond donors (Lipinski definition) is 1. The van der Waals surface area contributed by atoms with Crippen LogP contribution in [-0.4, -0.2) is 38.0 Å². The molecule has 0 bridgehead atoms. The lowest BCUT2D eigenvalue weighted by molar-refractivity contribution is 0.0653. The molecule has 1 aliphatic carbocycles. The van der Waals surface area contributed by atoms with Gasteiger partial charge in [-0.1, -0.05) is 12.1 Å². The molecule has 1 heterocycles. The first-order chi connectivity index (χ1) is 10.7. The second-order valence-corrected chi connectivity index (χ2v) is 5.53. The van der Waals surface area contributed by atoms with Crippen molar-refractivity contribution in [3.63, 3.8) is 0 Å². The van der Waals surface area contributed by atoms with E-state index < -0.39 is 11.7 Å². The predicted octanol–water partition coefficient (Wildman–Crippen LogP) is 2.06. The molecule has 0 aromatic heterocycles. The number of carbonyl (C=O) groups is 1. The zero-order chi connectivity index (χ0) is 15.6.